The first-order valence-electron chi connectivity index (χ1n) is 7.51. The van der Waals surface area contributed by atoms with Crippen LogP contribution < -0.4 is 10.1 Å². The second-order valence-electron chi connectivity index (χ2n) is 5.56. The molecular formula is C17H22N2O3S. The summed E-state index contributed by atoms with van der Waals surface area (Å²) in [5, 5.41) is 2.89. The molecule has 2 aromatic rings. The van der Waals surface area contributed by atoms with Gasteiger partial charge in [0.1, 0.15) is 12.0 Å². The van der Waals surface area contributed by atoms with E-state index in [1.807, 2.05) is 24.3 Å². The smallest absolute Gasteiger partial charge is 0.230 e. The average molecular weight is 334 g/mol. The van der Waals surface area contributed by atoms with Crippen LogP contribution in [0.25, 0.3) is 11.5 Å². The number of methoxy groups -OCH3 is 1. The highest BCUT2D eigenvalue weighted by atomic mass is 32.2. The lowest BCUT2D eigenvalue weighted by Gasteiger charge is -2.06. The second kappa shape index (κ2) is 8.62. The molecule has 0 aliphatic rings. The molecule has 0 bridgehead atoms. The van der Waals surface area contributed by atoms with Gasteiger partial charge in [0.15, 0.2) is 0 Å². The van der Waals surface area contributed by atoms with E-state index in [-0.39, 0.29) is 5.91 Å². The monoisotopic (exact) mass is 334 g/mol. The lowest BCUT2D eigenvalue weighted by atomic mass is 10.2. The van der Waals surface area contributed by atoms with Crippen molar-refractivity contribution in [3.05, 3.63) is 36.2 Å². The number of amides is 1. The fourth-order valence-corrected chi connectivity index (χ4v) is 2.59. The number of nitrogens with zero attached hydrogens (tertiary/aromatic N) is 1. The van der Waals surface area contributed by atoms with E-state index in [2.05, 4.69) is 24.1 Å². The minimum absolute atomic E-state index is 0.0579. The number of oxazole rings is 1. The highest BCUT2D eigenvalue weighted by Gasteiger charge is 2.08. The summed E-state index contributed by atoms with van der Waals surface area (Å²) in [5.74, 6) is 2.97. The Morgan fingerprint density at radius 1 is 1.35 bits per heavy atom. The van der Waals surface area contributed by atoms with Crippen molar-refractivity contribution in [3.63, 3.8) is 0 Å². The molecule has 0 saturated carbocycles. The lowest BCUT2D eigenvalue weighted by molar-refractivity contribution is -0.118. The van der Waals surface area contributed by atoms with Crippen LogP contribution in [0, 0.1) is 5.92 Å². The highest BCUT2D eigenvalue weighted by Crippen LogP contribution is 2.23. The topological polar surface area (TPSA) is 64.4 Å². The van der Waals surface area contributed by atoms with Gasteiger partial charge in [0.25, 0.3) is 0 Å². The summed E-state index contributed by atoms with van der Waals surface area (Å²) in [6, 6.07) is 7.54. The highest BCUT2D eigenvalue weighted by molar-refractivity contribution is 7.99. The molecule has 0 aliphatic carbocycles. The fourth-order valence-electron chi connectivity index (χ4n) is 1.86. The number of nitrogens with one attached hydrogen (secondary N) is 1. The first-order valence-corrected chi connectivity index (χ1v) is 8.67. The van der Waals surface area contributed by atoms with Crippen LogP contribution in [0.2, 0.25) is 0 Å². The third-order valence-electron chi connectivity index (χ3n) is 3.08. The molecule has 2 rings (SSSR count). The van der Waals surface area contributed by atoms with Gasteiger partial charge in [-0.1, -0.05) is 13.8 Å². The number of rotatable bonds is 8. The third kappa shape index (κ3) is 5.63. The van der Waals surface area contributed by atoms with E-state index < -0.39 is 0 Å². The Bertz CT molecular complexity index is 623. The summed E-state index contributed by atoms with van der Waals surface area (Å²) < 4.78 is 10.6. The molecule has 0 spiro atoms. The molecule has 23 heavy (non-hydrogen) atoms. The Hall–Kier alpha value is -1.95. The van der Waals surface area contributed by atoms with Crippen LogP contribution in [0.15, 0.2) is 34.9 Å². The maximum atomic E-state index is 11.6. The average Bonchev–Trinajstić information content (AvgIpc) is 3.02. The van der Waals surface area contributed by atoms with Crippen molar-refractivity contribution in [2.75, 3.05) is 19.4 Å². The Kier molecular flexibility index (Phi) is 6.52. The van der Waals surface area contributed by atoms with Crippen LogP contribution in [0.3, 0.4) is 0 Å². The van der Waals surface area contributed by atoms with Crippen molar-refractivity contribution < 1.29 is 13.9 Å². The SMILES string of the molecule is COc1ccc(-c2nc(CSCC(=O)NCC(C)C)co2)cc1. The van der Waals surface area contributed by atoms with Crippen molar-refractivity contribution in [3.8, 4) is 17.2 Å². The molecule has 0 unspecified atom stereocenters. The molecule has 6 heteroatoms. The first kappa shape index (κ1) is 17.4. The maximum Gasteiger partial charge on any atom is 0.230 e. The maximum absolute atomic E-state index is 11.6. The van der Waals surface area contributed by atoms with E-state index in [0.29, 0.717) is 29.9 Å². The Morgan fingerprint density at radius 2 is 2.09 bits per heavy atom. The van der Waals surface area contributed by atoms with Gasteiger partial charge in [-0.15, -0.1) is 11.8 Å². The first-order chi connectivity index (χ1) is 11.1. The number of aromatic nitrogens is 1. The van der Waals surface area contributed by atoms with Crippen LogP contribution in [0.4, 0.5) is 0 Å². The van der Waals surface area contributed by atoms with Crippen LogP contribution in [0.5, 0.6) is 5.75 Å². The molecule has 0 fully saturated rings. The van der Waals surface area contributed by atoms with Gasteiger partial charge in [0.2, 0.25) is 11.8 Å². The molecule has 0 radical (unpaired) electrons. The Balaban J connectivity index is 1.81. The van der Waals surface area contributed by atoms with E-state index in [1.165, 1.54) is 11.8 Å². The van der Waals surface area contributed by atoms with Crippen molar-refractivity contribution >= 4 is 17.7 Å². The summed E-state index contributed by atoms with van der Waals surface area (Å²) >= 11 is 1.53. The predicted octanol–water partition coefficient (Wildman–Crippen LogP) is 3.36. The Morgan fingerprint density at radius 3 is 2.74 bits per heavy atom. The van der Waals surface area contributed by atoms with Gasteiger partial charge >= 0.3 is 0 Å². The summed E-state index contributed by atoms with van der Waals surface area (Å²) in [5.41, 5.74) is 1.73. The van der Waals surface area contributed by atoms with Gasteiger partial charge < -0.3 is 14.5 Å². The van der Waals surface area contributed by atoms with Gasteiger partial charge in [-0.2, -0.15) is 0 Å². The molecule has 1 amide bonds. The van der Waals surface area contributed by atoms with E-state index in [9.17, 15) is 4.79 Å². The largest absolute Gasteiger partial charge is 0.497 e. The summed E-state index contributed by atoms with van der Waals surface area (Å²) in [6.45, 7) is 4.86. The summed E-state index contributed by atoms with van der Waals surface area (Å²) in [7, 11) is 1.63. The number of carbonyl (C=O) groups is 1. The quantitative estimate of drug-likeness (QED) is 0.802. The van der Waals surface area contributed by atoms with E-state index >= 15 is 0 Å². The molecule has 1 aromatic carbocycles. The van der Waals surface area contributed by atoms with E-state index in [4.69, 9.17) is 9.15 Å². The van der Waals surface area contributed by atoms with Gasteiger partial charge in [-0.3, -0.25) is 4.79 Å². The molecule has 1 heterocycles. The number of benzene rings is 1. The molecule has 1 N–H and O–H groups in total. The van der Waals surface area contributed by atoms with Gasteiger partial charge in [0.05, 0.1) is 18.6 Å². The zero-order valence-electron chi connectivity index (χ0n) is 13.7. The standard InChI is InChI=1S/C17H22N2O3S/c1-12(2)8-18-16(20)11-23-10-14-9-22-17(19-14)13-4-6-15(21-3)7-5-13/h4-7,9,12H,8,10-11H2,1-3H3,(H,18,20). The molecule has 5 nitrogen and oxygen atoms in total. The molecule has 124 valence electrons. The Labute approximate surface area is 140 Å². The molecular weight excluding hydrogens is 312 g/mol. The van der Waals surface area contributed by atoms with Gasteiger partial charge in [-0.25, -0.2) is 4.98 Å². The fraction of sp³-hybridized carbons (Fsp3) is 0.412. The number of ether oxygens (including phenoxy) is 1. The predicted molar refractivity (Wildman–Crippen MR) is 92.5 cm³/mol. The summed E-state index contributed by atoms with van der Waals surface area (Å²) in [6.07, 6.45) is 1.64. The van der Waals surface area contributed by atoms with Crippen molar-refractivity contribution in [2.45, 2.75) is 19.6 Å². The van der Waals surface area contributed by atoms with E-state index in [1.54, 1.807) is 13.4 Å². The molecule has 0 aliphatic heterocycles. The second-order valence-corrected chi connectivity index (χ2v) is 6.55. The van der Waals surface area contributed by atoms with Crippen molar-refractivity contribution in [1.82, 2.24) is 10.3 Å². The van der Waals surface area contributed by atoms with Crippen LogP contribution in [-0.4, -0.2) is 30.3 Å². The van der Waals surface area contributed by atoms with Crippen LogP contribution in [0.1, 0.15) is 19.5 Å². The molecule has 0 saturated heterocycles. The van der Waals surface area contributed by atoms with Crippen LogP contribution in [-0.2, 0) is 10.5 Å². The minimum Gasteiger partial charge on any atom is -0.497 e. The zero-order valence-corrected chi connectivity index (χ0v) is 14.5. The third-order valence-corrected chi connectivity index (χ3v) is 4.05. The molecule has 0 atom stereocenters. The molecule has 1 aromatic heterocycles. The van der Waals surface area contributed by atoms with Gasteiger partial charge in [-0.05, 0) is 30.2 Å². The van der Waals surface area contributed by atoms with Crippen molar-refractivity contribution in [2.24, 2.45) is 5.92 Å². The van der Waals surface area contributed by atoms with Crippen molar-refractivity contribution in [1.29, 1.82) is 0 Å². The number of hydrogen-bond donors (Lipinski definition) is 1. The zero-order chi connectivity index (χ0) is 16.7. The number of hydrogen-bond acceptors (Lipinski definition) is 5. The lowest BCUT2D eigenvalue weighted by Crippen LogP contribution is -2.28. The number of carbonyl (C=O) groups excluding carboxylic acids is 1. The number of thioether (sulfide) groups is 1. The van der Waals surface area contributed by atoms with Gasteiger partial charge in [0, 0.05) is 17.9 Å². The normalized spacial score (nSPS) is 10.8. The minimum atomic E-state index is 0.0579. The van der Waals surface area contributed by atoms with E-state index in [0.717, 1.165) is 17.0 Å². The van der Waals surface area contributed by atoms with Crippen LogP contribution >= 0.6 is 11.8 Å². The summed E-state index contributed by atoms with van der Waals surface area (Å²) in [4.78, 5) is 16.1.